The van der Waals surface area contributed by atoms with Crippen molar-refractivity contribution in [2.24, 2.45) is 5.92 Å². The van der Waals surface area contributed by atoms with Crippen LogP contribution in [-0.4, -0.2) is 49.2 Å². The van der Waals surface area contributed by atoms with Crippen molar-refractivity contribution >= 4 is 0 Å². The summed E-state index contributed by atoms with van der Waals surface area (Å²) in [7, 11) is 0. The molecule has 150 valence electrons. The van der Waals surface area contributed by atoms with E-state index in [-0.39, 0.29) is 6.61 Å². The summed E-state index contributed by atoms with van der Waals surface area (Å²) in [5.41, 5.74) is 0. The van der Waals surface area contributed by atoms with Gasteiger partial charge in [-0.3, -0.25) is 0 Å². The highest BCUT2D eigenvalue weighted by atomic mass is 16.5. The first kappa shape index (κ1) is 22.9. The van der Waals surface area contributed by atoms with E-state index in [0.29, 0.717) is 19.7 Å². The molecule has 1 aliphatic rings. The van der Waals surface area contributed by atoms with E-state index < -0.39 is 6.10 Å². The van der Waals surface area contributed by atoms with Crippen LogP contribution in [-0.2, 0) is 4.74 Å². The Bertz CT molecular complexity index is 270. The lowest BCUT2D eigenvalue weighted by atomic mass is 9.99. The van der Waals surface area contributed by atoms with Crippen LogP contribution in [0.1, 0.15) is 89.9 Å². The minimum absolute atomic E-state index is 0.105. The van der Waals surface area contributed by atoms with E-state index in [9.17, 15) is 5.11 Å². The maximum Gasteiger partial charge on any atom is 0.0897 e. The molecule has 1 saturated carbocycles. The molecule has 0 radical (unpaired) electrons. The molecule has 0 aromatic rings. The van der Waals surface area contributed by atoms with Crippen molar-refractivity contribution < 1.29 is 14.9 Å². The van der Waals surface area contributed by atoms with Gasteiger partial charge in [-0.15, -0.1) is 0 Å². The summed E-state index contributed by atoms with van der Waals surface area (Å²) in [6.45, 7) is 2.25. The van der Waals surface area contributed by atoms with E-state index in [0.717, 1.165) is 18.9 Å². The lowest BCUT2D eigenvalue weighted by Crippen LogP contribution is -2.32. The van der Waals surface area contributed by atoms with Crippen LogP contribution < -0.4 is 5.32 Å². The van der Waals surface area contributed by atoms with Gasteiger partial charge >= 0.3 is 0 Å². The number of aliphatic hydroxyl groups excluding tert-OH is 2. The fourth-order valence-corrected chi connectivity index (χ4v) is 3.80. The van der Waals surface area contributed by atoms with Crippen LogP contribution in [0.3, 0.4) is 0 Å². The molecule has 0 aromatic carbocycles. The summed E-state index contributed by atoms with van der Waals surface area (Å²) in [5.74, 6) is 1.07. The van der Waals surface area contributed by atoms with Crippen LogP contribution in [0.15, 0.2) is 0 Å². The molecule has 1 fully saturated rings. The zero-order valence-electron chi connectivity index (χ0n) is 16.4. The van der Waals surface area contributed by atoms with Crippen LogP contribution in [0, 0.1) is 5.92 Å². The first-order valence-corrected chi connectivity index (χ1v) is 10.9. The zero-order chi connectivity index (χ0) is 18.0. The molecule has 1 atom stereocenters. The quantitative estimate of drug-likeness (QED) is 0.324. The maximum atomic E-state index is 9.63. The predicted octanol–water partition coefficient (Wildman–Crippen LogP) is 4.04. The Labute approximate surface area is 155 Å². The van der Waals surface area contributed by atoms with Gasteiger partial charge in [0, 0.05) is 19.7 Å². The van der Waals surface area contributed by atoms with Gasteiger partial charge in [0.25, 0.3) is 0 Å². The first-order chi connectivity index (χ1) is 12.3. The van der Waals surface area contributed by atoms with E-state index in [4.69, 9.17) is 9.84 Å². The lowest BCUT2D eigenvalue weighted by molar-refractivity contribution is 0.0350. The molecule has 0 bridgehead atoms. The SMILES string of the molecule is OCCNCC(O)COCCCCCCCCCCCC1CCCC1. The summed E-state index contributed by atoms with van der Waals surface area (Å²) in [5, 5.41) is 21.2. The Morgan fingerprint density at radius 3 is 2.12 bits per heavy atom. The second-order valence-corrected chi connectivity index (χ2v) is 7.78. The smallest absolute Gasteiger partial charge is 0.0897 e. The van der Waals surface area contributed by atoms with Crippen molar-refractivity contribution in [3.8, 4) is 0 Å². The van der Waals surface area contributed by atoms with Gasteiger partial charge in [-0.1, -0.05) is 83.5 Å². The molecular formula is C21H43NO3. The molecule has 1 unspecified atom stereocenters. The molecule has 0 aromatic heterocycles. The predicted molar refractivity (Wildman–Crippen MR) is 105 cm³/mol. The van der Waals surface area contributed by atoms with E-state index in [1.807, 2.05) is 0 Å². The Hall–Kier alpha value is -0.160. The monoisotopic (exact) mass is 357 g/mol. The van der Waals surface area contributed by atoms with Crippen molar-refractivity contribution in [3.05, 3.63) is 0 Å². The van der Waals surface area contributed by atoms with Gasteiger partial charge in [0.2, 0.25) is 0 Å². The Morgan fingerprint density at radius 2 is 1.48 bits per heavy atom. The van der Waals surface area contributed by atoms with Crippen LogP contribution in [0.5, 0.6) is 0 Å². The van der Waals surface area contributed by atoms with Crippen molar-refractivity contribution in [2.75, 3.05) is 32.9 Å². The number of nitrogens with one attached hydrogen (secondary N) is 1. The molecular weight excluding hydrogens is 314 g/mol. The van der Waals surface area contributed by atoms with Gasteiger partial charge in [-0.05, 0) is 12.3 Å². The average Bonchev–Trinajstić information content (AvgIpc) is 3.12. The third kappa shape index (κ3) is 14.7. The molecule has 3 N–H and O–H groups in total. The summed E-state index contributed by atoms with van der Waals surface area (Å²) in [4.78, 5) is 0. The maximum absolute atomic E-state index is 9.63. The van der Waals surface area contributed by atoms with E-state index in [1.54, 1.807) is 0 Å². The molecule has 0 amide bonds. The standard InChI is InChI=1S/C21H43NO3/c23-16-15-22-18-21(24)19-25-17-11-7-5-3-1-2-4-6-8-12-20-13-9-10-14-20/h20-24H,1-19H2. The second-order valence-electron chi connectivity index (χ2n) is 7.78. The Balaban J connectivity index is 1.69. The van der Waals surface area contributed by atoms with Crippen molar-refractivity contribution in [1.29, 1.82) is 0 Å². The average molecular weight is 358 g/mol. The van der Waals surface area contributed by atoms with Crippen LogP contribution in [0.25, 0.3) is 0 Å². The number of rotatable bonds is 18. The summed E-state index contributed by atoms with van der Waals surface area (Å²) in [6.07, 6.45) is 19.1. The summed E-state index contributed by atoms with van der Waals surface area (Å²) >= 11 is 0. The second kappa shape index (κ2) is 17.3. The van der Waals surface area contributed by atoms with Crippen molar-refractivity contribution in [2.45, 2.75) is 96.0 Å². The topological polar surface area (TPSA) is 61.7 Å². The molecule has 4 nitrogen and oxygen atoms in total. The molecule has 1 rings (SSSR count). The van der Waals surface area contributed by atoms with Gasteiger partial charge in [0.15, 0.2) is 0 Å². The van der Waals surface area contributed by atoms with Gasteiger partial charge in [-0.2, -0.15) is 0 Å². The van der Waals surface area contributed by atoms with Gasteiger partial charge in [0.05, 0.1) is 19.3 Å². The normalized spacial score (nSPS) is 16.6. The minimum Gasteiger partial charge on any atom is -0.395 e. The minimum atomic E-state index is -0.472. The first-order valence-electron chi connectivity index (χ1n) is 10.9. The largest absolute Gasteiger partial charge is 0.395 e. The molecule has 0 heterocycles. The van der Waals surface area contributed by atoms with Gasteiger partial charge in [-0.25, -0.2) is 0 Å². The molecule has 25 heavy (non-hydrogen) atoms. The number of ether oxygens (including phenoxy) is 1. The third-order valence-electron chi connectivity index (χ3n) is 5.35. The van der Waals surface area contributed by atoms with Crippen LogP contribution in [0.4, 0.5) is 0 Å². The van der Waals surface area contributed by atoms with E-state index >= 15 is 0 Å². The highest BCUT2D eigenvalue weighted by Gasteiger charge is 2.13. The number of aliphatic hydroxyl groups is 2. The molecule has 0 aliphatic heterocycles. The molecule has 4 heteroatoms. The molecule has 0 saturated heterocycles. The van der Waals surface area contributed by atoms with Gasteiger partial charge in [0.1, 0.15) is 0 Å². The summed E-state index contributed by atoms with van der Waals surface area (Å²) in [6, 6.07) is 0. The van der Waals surface area contributed by atoms with E-state index in [2.05, 4.69) is 5.32 Å². The number of hydrogen-bond donors (Lipinski definition) is 3. The highest BCUT2D eigenvalue weighted by molar-refractivity contribution is 4.67. The molecule has 0 spiro atoms. The fourth-order valence-electron chi connectivity index (χ4n) is 3.80. The van der Waals surface area contributed by atoms with Crippen molar-refractivity contribution in [3.63, 3.8) is 0 Å². The Kier molecular flexibility index (Phi) is 15.8. The number of unbranched alkanes of at least 4 members (excludes halogenated alkanes) is 8. The van der Waals surface area contributed by atoms with Crippen LogP contribution in [0.2, 0.25) is 0 Å². The van der Waals surface area contributed by atoms with Crippen molar-refractivity contribution in [1.82, 2.24) is 5.32 Å². The van der Waals surface area contributed by atoms with Gasteiger partial charge < -0.3 is 20.3 Å². The zero-order valence-corrected chi connectivity index (χ0v) is 16.4. The summed E-state index contributed by atoms with van der Waals surface area (Å²) < 4.78 is 5.49. The Morgan fingerprint density at radius 1 is 0.880 bits per heavy atom. The third-order valence-corrected chi connectivity index (χ3v) is 5.35. The highest BCUT2D eigenvalue weighted by Crippen LogP contribution is 2.29. The molecule has 1 aliphatic carbocycles. The fraction of sp³-hybridized carbons (Fsp3) is 1.00. The number of hydrogen-bond acceptors (Lipinski definition) is 4. The lowest BCUT2D eigenvalue weighted by Gasteiger charge is -2.11. The van der Waals surface area contributed by atoms with E-state index in [1.165, 1.54) is 83.5 Å². The van der Waals surface area contributed by atoms with Crippen LogP contribution >= 0.6 is 0 Å².